The first-order chi connectivity index (χ1) is 5.94. The summed E-state index contributed by atoms with van der Waals surface area (Å²) in [7, 11) is 0. The van der Waals surface area contributed by atoms with Gasteiger partial charge in [0.2, 0.25) is 0 Å². The van der Waals surface area contributed by atoms with Crippen molar-refractivity contribution in [2.24, 2.45) is 11.3 Å². The maximum atomic E-state index is 9.00. The summed E-state index contributed by atoms with van der Waals surface area (Å²) in [4.78, 5) is 9.00. The van der Waals surface area contributed by atoms with Crippen molar-refractivity contribution in [3.63, 3.8) is 0 Å². The van der Waals surface area contributed by atoms with Crippen molar-refractivity contribution in [2.75, 3.05) is 6.54 Å². The standard InChI is InChI=1S/C8H15N.C2H4O2/c1-8(2)6-3-4-7(8)9-5-6;1-2(3)4/h6-7,9H,3-5H2,1-2H3;1H3,(H,3,4)/t6-,7-;/m1./s1. The SMILES string of the molecule is CC(=O)O.CC1(C)[C@@H]2CC[C@H]1NC2. The maximum Gasteiger partial charge on any atom is 0.300 e. The minimum absolute atomic E-state index is 0.611. The van der Waals surface area contributed by atoms with Crippen LogP contribution < -0.4 is 5.32 Å². The average molecular weight is 185 g/mol. The van der Waals surface area contributed by atoms with Crippen LogP contribution in [0.5, 0.6) is 0 Å². The van der Waals surface area contributed by atoms with Crippen molar-refractivity contribution in [1.82, 2.24) is 5.32 Å². The summed E-state index contributed by atoms with van der Waals surface area (Å²) in [6.07, 6.45) is 2.88. The van der Waals surface area contributed by atoms with E-state index in [1.165, 1.54) is 19.4 Å². The van der Waals surface area contributed by atoms with E-state index in [1.807, 2.05) is 0 Å². The molecule has 0 unspecified atom stereocenters. The van der Waals surface area contributed by atoms with Gasteiger partial charge in [-0.05, 0) is 30.7 Å². The summed E-state index contributed by atoms with van der Waals surface area (Å²) >= 11 is 0. The second-order valence-electron chi connectivity index (χ2n) is 4.58. The zero-order chi connectivity index (χ0) is 10.1. The number of aliphatic carboxylic acids is 1. The molecule has 2 N–H and O–H groups in total. The monoisotopic (exact) mass is 185 g/mol. The number of carboxylic acids is 1. The molecule has 1 aliphatic heterocycles. The van der Waals surface area contributed by atoms with E-state index in [4.69, 9.17) is 9.90 Å². The molecule has 0 spiro atoms. The molecule has 3 heteroatoms. The Morgan fingerprint density at radius 2 is 2.00 bits per heavy atom. The normalized spacial score (nSPS) is 33.8. The molecular weight excluding hydrogens is 166 g/mol. The highest BCUT2D eigenvalue weighted by Crippen LogP contribution is 2.46. The number of carbonyl (C=O) groups is 1. The molecule has 2 aliphatic rings. The summed E-state index contributed by atoms with van der Waals surface area (Å²) in [5, 5.41) is 11.0. The lowest BCUT2D eigenvalue weighted by atomic mass is 9.83. The van der Waals surface area contributed by atoms with Gasteiger partial charge in [-0.1, -0.05) is 13.8 Å². The Kier molecular flexibility index (Phi) is 2.96. The maximum absolute atomic E-state index is 9.00. The predicted octanol–water partition coefficient (Wildman–Crippen LogP) is 1.49. The molecule has 0 radical (unpaired) electrons. The molecular formula is C10H19NO2. The quantitative estimate of drug-likeness (QED) is 0.601. The molecule has 0 amide bonds. The highest BCUT2D eigenvalue weighted by atomic mass is 16.4. The molecule has 1 aliphatic carbocycles. The largest absolute Gasteiger partial charge is 0.481 e. The highest BCUT2D eigenvalue weighted by molar-refractivity contribution is 5.62. The minimum atomic E-state index is -0.833. The van der Waals surface area contributed by atoms with Crippen LogP contribution in [0, 0.1) is 11.3 Å². The zero-order valence-electron chi connectivity index (χ0n) is 8.63. The molecule has 0 aromatic carbocycles. The Hall–Kier alpha value is -0.570. The Bertz CT molecular complexity index is 175. The topological polar surface area (TPSA) is 49.3 Å². The Balaban J connectivity index is 0.000000184. The van der Waals surface area contributed by atoms with Crippen LogP contribution >= 0.6 is 0 Å². The van der Waals surface area contributed by atoms with Gasteiger partial charge in [0.1, 0.15) is 0 Å². The van der Waals surface area contributed by atoms with E-state index in [-0.39, 0.29) is 0 Å². The Labute approximate surface area is 79.5 Å². The second kappa shape index (κ2) is 3.66. The van der Waals surface area contributed by atoms with Crippen molar-refractivity contribution < 1.29 is 9.90 Å². The molecule has 2 rings (SSSR count). The van der Waals surface area contributed by atoms with Crippen LogP contribution in [0.25, 0.3) is 0 Å². The molecule has 13 heavy (non-hydrogen) atoms. The van der Waals surface area contributed by atoms with Crippen molar-refractivity contribution in [2.45, 2.75) is 39.7 Å². The Morgan fingerprint density at radius 3 is 2.08 bits per heavy atom. The van der Waals surface area contributed by atoms with Gasteiger partial charge >= 0.3 is 0 Å². The van der Waals surface area contributed by atoms with E-state index in [1.54, 1.807) is 0 Å². The summed E-state index contributed by atoms with van der Waals surface area (Å²) in [6, 6.07) is 0.836. The van der Waals surface area contributed by atoms with E-state index in [9.17, 15) is 0 Å². The Morgan fingerprint density at radius 1 is 1.46 bits per heavy atom. The van der Waals surface area contributed by atoms with E-state index in [2.05, 4.69) is 19.2 Å². The number of hydrogen-bond acceptors (Lipinski definition) is 2. The first kappa shape index (κ1) is 10.5. The van der Waals surface area contributed by atoms with Gasteiger partial charge in [-0.25, -0.2) is 0 Å². The molecule has 2 fully saturated rings. The first-order valence-electron chi connectivity index (χ1n) is 4.87. The number of piperidine rings is 1. The summed E-state index contributed by atoms with van der Waals surface area (Å²) in [5.74, 6) is 0.141. The van der Waals surface area contributed by atoms with Gasteiger partial charge in [-0.3, -0.25) is 4.79 Å². The summed E-state index contributed by atoms with van der Waals surface area (Å²) < 4.78 is 0. The van der Waals surface area contributed by atoms with E-state index < -0.39 is 5.97 Å². The van der Waals surface area contributed by atoms with Gasteiger partial charge in [0.25, 0.3) is 5.97 Å². The van der Waals surface area contributed by atoms with Gasteiger partial charge in [0, 0.05) is 13.0 Å². The molecule has 2 atom stereocenters. The van der Waals surface area contributed by atoms with E-state index in [0.717, 1.165) is 18.9 Å². The van der Waals surface area contributed by atoms with Crippen molar-refractivity contribution in [3.05, 3.63) is 0 Å². The number of rotatable bonds is 0. The van der Waals surface area contributed by atoms with Crippen LogP contribution in [0.15, 0.2) is 0 Å². The van der Waals surface area contributed by atoms with Crippen LogP contribution in [0.4, 0.5) is 0 Å². The molecule has 76 valence electrons. The molecule has 0 aromatic rings. The van der Waals surface area contributed by atoms with Crippen molar-refractivity contribution in [3.8, 4) is 0 Å². The van der Waals surface area contributed by atoms with Crippen LogP contribution in [0.1, 0.15) is 33.6 Å². The van der Waals surface area contributed by atoms with Crippen LogP contribution in [-0.2, 0) is 4.79 Å². The fraction of sp³-hybridized carbons (Fsp3) is 0.900. The van der Waals surface area contributed by atoms with Gasteiger partial charge in [-0.2, -0.15) is 0 Å². The van der Waals surface area contributed by atoms with E-state index >= 15 is 0 Å². The van der Waals surface area contributed by atoms with Gasteiger partial charge in [0.05, 0.1) is 0 Å². The fourth-order valence-corrected chi connectivity index (χ4v) is 2.41. The molecule has 3 nitrogen and oxygen atoms in total. The third kappa shape index (κ3) is 2.21. The predicted molar refractivity (Wildman–Crippen MR) is 51.6 cm³/mol. The number of hydrogen-bond donors (Lipinski definition) is 2. The second-order valence-corrected chi connectivity index (χ2v) is 4.58. The molecule has 1 heterocycles. The zero-order valence-corrected chi connectivity index (χ0v) is 8.63. The third-order valence-corrected chi connectivity index (χ3v) is 3.36. The lowest BCUT2D eigenvalue weighted by molar-refractivity contribution is -0.134. The van der Waals surface area contributed by atoms with Crippen LogP contribution in [0.2, 0.25) is 0 Å². The number of carboxylic acid groups (broad SMARTS) is 1. The van der Waals surface area contributed by atoms with Crippen LogP contribution in [-0.4, -0.2) is 23.7 Å². The fourth-order valence-electron chi connectivity index (χ4n) is 2.41. The molecule has 1 saturated heterocycles. The number of nitrogens with one attached hydrogen (secondary N) is 1. The first-order valence-corrected chi connectivity index (χ1v) is 4.87. The van der Waals surface area contributed by atoms with Gasteiger partial charge < -0.3 is 10.4 Å². The summed E-state index contributed by atoms with van der Waals surface area (Å²) in [6.45, 7) is 7.16. The highest BCUT2D eigenvalue weighted by Gasteiger charge is 2.47. The smallest absolute Gasteiger partial charge is 0.300 e. The lowest BCUT2D eigenvalue weighted by Gasteiger charge is -2.22. The van der Waals surface area contributed by atoms with Gasteiger partial charge in [-0.15, -0.1) is 0 Å². The molecule has 1 saturated carbocycles. The molecule has 2 bridgehead atoms. The van der Waals surface area contributed by atoms with Crippen molar-refractivity contribution >= 4 is 5.97 Å². The minimum Gasteiger partial charge on any atom is -0.481 e. The van der Waals surface area contributed by atoms with Crippen LogP contribution in [0.3, 0.4) is 0 Å². The summed E-state index contributed by atoms with van der Waals surface area (Å²) in [5.41, 5.74) is 0.611. The number of fused-ring (bicyclic) bond motifs is 2. The van der Waals surface area contributed by atoms with E-state index in [0.29, 0.717) is 5.41 Å². The average Bonchev–Trinajstić information content (AvgIpc) is 2.42. The molecule has 0 aromatic heterocycles. The van der Waals surface area contributed by atoms with Gasteiger partial charge in [0.15, 0.2) is 0 Å². The third-order valence-electron chi connectivity index (χ3n) is 3.36. The lowest BCUT2D eigenvalue weighted by Crippen LogP contribution is -2.29. The van der Waals surface area contributed by atoms with Crippen molar-refractivity contribution in [1.29, 1.82) is 0 Å².